The van der Waals surface area contributed by atoms with Crippen molar-refractivity contribution >= 4 is 44.9 Å². The number of hydrogen-bond acceptors (Lipinski definition) is 5. The Hall–Kier alpha value is -1.47. The van der Waals surface area contributed by atoms with Gasteiger partial charge >= 0.3 is 0 Å². The average Bonchev–Trinajstić information content (AvgIpc) is 2.75. The molecular formula is C16H18BrNO4S. The molecule has 1 saturated heterocycles. The van der Waals surface area contributed by atoms with E-state index in [0.717, 1.165) is 21.8 Å². The van der Waals surface area contributed by atoms with E-state index in [1.165, 1.54) is 4.90 Å². The molecule has 0 aliphatic carbocycles. The second-order valence-corrected chi connectivity index (χ2v) is 6.97. The lowest BCUT2D eigenvalue weighted by Crippen LogP contribution is -2.27. The number of hydrogen-bond donors (Lipinski definition) is 0. The first-order chi connectivity index (χ1) is 10.9. The molecule has 5 nitrogen and oxygen atoms in total. The van der Waals surface area contributed by atoms with Crippen molar-refractivity contribution in [2.24, 2.45) is 0 Å². The molecule has 1 aromatic rings. The van der Waals surface area contributed by atoms with Crippen LogP contribution in [0.2, 0.25) is 0 Å². The second kappa shape index (κ2) is 7.40. The van der Waals surface area contributed by atoms with Gasteiger partial charge in [0.15, 0.2) is 11.5 Å². The lowest BCUT2D eigenvalue weighted by Gasteiger charge is -2.16. The van der Waals surface area contributed by atoms with E-state index in [9.17, 15) is 9.59 Å². The molecule has 0 aromatic heterocycles. The number of benzene rings is 1. The Bertz CT molecular complexity index is 672. The largest absolute Gasteiger partial charge is 0.493 e. The third-order valence-corrected chi connectivity index (χ3v) is 4.59. The Morgan fingerprint density at radius 1 is 1.35 bits per heavy atom. The van der Waals surface area contributed by atoms with Gasteiger partial charge in [-0.15, -0.1) is 0 Å². The van der Waals surface area contributed by atoms with E-state index in [1.807, 2.05) is 19.9 Å². The highest BCUT2D eigenvalue weighted by atomic mass is 79.9. The standard InChI is InChI=1S/C16H18BrNO4S/c1-5-18-15(19)13(23-16(18)20)8-10-6-11(17)14(22-9(2)3)12(7-10)21-4/h6-9H,5H2,1-4H3/b13-8+. The van der Waals surface area contributed by atoms with Gasteiger partial charge in [-0.25, -0.2) is 0 Å². The van der Waals surface area contributed by atoms with Crippen LogP contribution in [0.3, 0.4) is 0 Å². The molecule has 1 aromatic carbocycles. The molecule has 0 radical (unpaired) electrons. The minimum Gasteiger partial charge on any atom is -0.493 e. The van der Waals surface area contributed by atoms with Gasteiger partial charge in [-0.3, -0.25) is 14.5 Å². The van der Waals surface area contributed by atoms with Gasteiger partial charge in [0, 0.05) is 6.54 Å². The molecule has 124 valence electrons. The zero-order valence-corrected chi connectivity index (χ0v) is 15.8. The van der Waals surface area contributed by atoms with Crippen molar-refractivity contribution in [3.63, 3.8) is 0 Å². The van der Waals surface area contributed by atoms with E-state index in [1.54, 1.807) is 26.2 Å². The fourth-order valence-corrected chi connectivity index (χ4v) is 3.55. The number of nitrogens with zero attached hydrogens (tertiary/aromatic N) is 1. The van der Waals surface area contributed by atoms with Gasteiger partial charge in [0.05, 0.1) is 22.6 Å². The van der Waals surface area contributed by atoms with Crippen LogP contribution in [0.4, 0.5) is 4.79 Å². The van der Waals surface area contributed by atoms with Gasteiger partial charge in [0.25, 0.3) is 11.1 Å². The van der Waals surface area contributed by atoms with E-state index in [-0.39, 0.29) is 17.3 Å². The molecule has 0 saturated carbocycles. The van der Waals surface area contributed by atoms with Gasteiger partial charge in [0.2, 0.25) is 0 Å². The number of carbonyl (C=O) groups excluding carboxylic acids is 2. The maximum atomic E-state index is 12.2. The van der Waals surface area contributed by atoms with E-state index >= 15 is 0 Å². The number of carbonyl (C=O) groups is 2. The van der Waals surface area contributed by atoms with Gasteiger partial charge in [-0.2, -0.15) is 0 Å². The molecule has 7 heteroatoms. The smallest absolute Gasteiger partial charge is 0.293 e. The molecule has 1 fully saturated rings. The molecule has 23 heavy (non-hydrogen) atoms. The van der Waals surface area contributed by atoms with Crippen molar-refractivity contribution in [2.75, 3.05) is 13.7 Å². The number of imide groups is 1. The fraction of sp³-hybridized carbons (Fsp3) is 0.375. The summed E-state index contributed by atoms with van der Waals surface area (Å²) >= 11 is 4.41. The summed E-state index contributed by atoms with van der Waals surface area (Å²) in [6.45, 7) is 6.01. The highest BCUT2D eigenvalue weighted by Gasteiger charge is 2.33. The van der Waals surface area contributed by atoms with Crippen LogP contribution in [0, 0.1) is 0 Å². The van der Waals surface area contributed by atoms with E-state index < -0.39 is 0 Å². The molecule has 2 amide bonds. The van der Waals surface area contributed by atoms with Crippen molar-refractivity contribution in [1.29, 1.82) is 0 Å². The topological polar surface area (TPSA) is 55.8 Å². The highest BCUT2D eigenvalue weighted by molar-refractivity contribution is 9.10. The summed E-state index contributed by atoms with van der Waals surface area (Å²) < 4.78 is 11.8. The average molecular weight is 400 g/mol. The van der Waals surface area contributed by atoms with Gasteiger partial charge in [-0.05, 0) is 72.2 Å². The quantitative estimate of drug-likeness (QED) is 0.690. The number of ether oxygens (including phenoxy) is 2. The molecule has 0 bridgehead atoms. The number of likely N-dealkylation sites (N-methyl/N-ethyl adjacent to an activating group) is 1. The third kappa shape index (κ3) is 3.90. The Morgan fingerprint density at radius 3 is 2.57 bits per heavy atom. The van der Waals surface area contributed by atoms with Crippen LogP contribution in [0.15, 0.2) is 21.5 Å². The summed E-state index contributed by atoms with van der Waals surface area (Å²) in [5.74, 6) is 0.912. The van der Waals surface area contributed by atoms with Crippen molar-refractivity contribution in [3.05, 3.63) is 27.1 Å². The maximum Gasteiger partial charge on any atom is 0.293 e. The minimum atomic E-state index is -0.264. The number of thioether (sulfide) groups is 1. The Morgan fingerprint density at radius 2 is 2.04 bits per heavy atom. The summed E-state index contributed by atoms with van der Waals surface area (Å²) in [5, 5.41) is -0.241. The van der Waals surface area contributed by atoms with Crippen molar-refractivity contribution in [3.8, 4) is 11.5 Å². The Labute approximate surface area is 148 Å². The molecule has 0 atom stereocenters. The lowest BCUT2D eigenvalue weighted by molar-refractivity contribution is -0.122. The summed E-state index contributed by atoms with van der Waals surface area (Å²) in [4.78, 5) is 25.5. The zero-order chi connectivity index (χ0) is 17.1. The number of halogens is 1. The maximum absolute atomic E-state index is 12.2. The molecule has 0 spiro atoms. The second-order valence-electron chi connectivity index (χ2n) is 5.13. The molecule has 1 heterocycles. The summed E-state index contributed by atoms with van der Waals surface area (Å²) in [7, 11) is 1.56. The van der Waals surface area contributed by atoms with Crippen LogP contribution >= 0.6 is 27.7 Å². The number of rotatable bonds is 5. The Kier molecular flexibility index (Phi) is 5.75. The van der Waals surface area contributed by atoms with E-state index in [2.05, 4.69) is 15.9 Å². The first kappa shape index (κ1) is 17.9. The van der Waals surface area contributed by atoms with Crippen molar-refractivity contribution < 1.29 is 19.1 Å². The molecular weight excluding hydrogens is 382 g/mol. The van der Waals surface area contributed by atoms with Gasteiger partial charge < -0.3 is 9.47 Å². The monoisotopic (exact) mass is 399 g/mol. The summed E-state index contributed by atoms with van der Waals surface area (Å²) in [6, 6.07) is 3.61. The lowest BCUT2D eigenvalue weighted by atomic mass is 10.2. The number of methoxy groups -OCH3 is 1. The normalized spacial score (nSPS) is 16.6. The van der Waals surface area contributed by atoms with Crippen molar-refractivity contribution in [2.45, 2.75) is 26.9 Å². The predicted molar refractivity (Wildman–Crippen MR) is 94.8 cm³/mol. The van der Waals surface area contributed by atoms with E-state index in [0.29, 0.717) is 22.9 Å². The highest BCUT2D eigenvalue weighted by Crippen LogP contribution is 2.39. The van der Waals surface area contributed by atoms with Gasteiger partial charge in [-0.1, -0.05) is 0 Å². The van der Waals surface area contributed by atoms with Crippen LogP contribution in [0.5, 0.6) is 11.5 Å². The molecule has 2 rings (SSSR count). The van der Waals surface area contributed by atoms with E-state index in [4.69, 9.17) is 9.47 Å². The number of amides is 2. The van der Waals surface area contributed by atoms with Crippen LogP contribution in [0.25, 0.3) is 6.08 Å². The first-order valence-electron chi connectivity index (χ1n) is 7.16. The van der Waals surface area contributed by atoms with Crippen LogP contribution in [-0.4, -0.2) is 35.8 Å². The van der Waals surface area contributed by atoms with Crippen LogP contribution in [0.1, 0.15) is 26.3 Å². The molecule has 1 aliphatic heterocycles. The van der Waals surface area contributed by atoms with Gasteiger partial charge in [0.1, 0.15) is 0 Å². The van der Waals surface area contributed by atoms with Crippen LogP contribution in [-0.2, 0) is 4.79 Å². The third-order valence-electron chi connectivity index (χ3n) is 3.09. The SMILES string of the molecule is CCN1C(=O)S/C(=C/c2cc(Br)c(OC(C)C)c(OC)c2)C1=O. The van der Waals surface area contributed by atoms with Crippen molar-refractivity contribution in [1.82, 2.24) is 4.90 Å². The predicted octanol–water partition coefficient (Wildman–Crippen LogP) is 4.30. The fourth-order valence-electron chi connectivity index (χ4n) is 2.10. The summed E-state index contributed by atoms with van der Waals surface area (Å²) in [5.41, 5.74) is 0.756. The first-order valence-corrected chi connectivity index (χ1v) is 8.77. The zero-order valence-electron chi connectivity index (χ0n) is 13.4. The molecule has 0 unspecified atom stereocenters. The van der Waals surface area contributed by atoms with Crippen LogP contribution < -0.4 is 9.47 Å². The molecule has 1 aliphatic rings. The Balaban J connectivity index is 2.38. The summed E-state index contributed by atoms with van der Waals surface area (Å²) in [6.07, 6.45) is 1.69. The molecule has 0 N–H and O–H groups in total. The minimum absolute atomic E-state index is 0.00658.